The first-order chi connectivity index (χ1) is 17.1. The van der Waals surface area contributed by atoms with Crippen molar-refractivity contribution in [2.45, 2.75) is 58.7 Å². The molecular formula is C30H31N3OS. The molecule has 2 aromatic heterocycles. The van der Waals surface area contributed by atoms with Gasteiger partial charge in [0.2, 0.25) is 0 Å². The Morgan fingerprint density at radius 1 is 0.943 bits per heavy atom. The van der Waals surface area contributed by atoms with Crippen LogP contribution in [0.1, 0.15) is 62.8 Å². The SMILES string of the molecule is Cc1ccc(CNC(=O)N2Cc3c(sc4c3CCCC4)-n3cccc3[C@@H]2c2ccc(C)cc2)cc1. The molecule has 1 aliphatic carbocycles. The number of benzene rings is 2. The van der Waals surface area contributed by atoms with Gasteiger partial charge in [-0.05, 0) is 68.4 Å². The first-order valence-corrected chi connectivity index (χ1v) is 13.4. The first-order valence-electron chi connectivity index (χ1n) is 12.6. The van der Waals surface area contributed by atoms with Gasteiger partial charge in [0.15, 0.2) is 0 Å². The van der Waals surface area contributed by atoms with Crippen LogP contribution in [-0.4, -0.2) is 15.5 Å². The minimum Gasteiger partial charge on any atom is -0.334 e. The van der Waals surface area contributed by atoms with Crippen LogP contribution >= 0.6 is 11.3 Å². The van der Waals surface area contributed by atoms with Crippen molar-refractivity contribution >= 4 is 17.4 Å². The average Bonchev–Trinajstić information content (AvgIpc) is 3.46. The molecule has 0 saturated heterocycles. The maximum absolute atomic E-state index is 13.9. The maximum atomic E-state index is 13.9. The van der Waals surface area contributed by atoms with E-state index in [1.807, 2.05) is 11.3 Å². The van der Waals surface area contributed by atoms with Crippen LogP contribution in [0, 0.1) is 13.8 Å². The Kier molecular flexibility index (Phi) is 5.73. The Balaban J connectivity index is 1.42. The van der Waals surface area contributed by atoms with E-state index in [2.05, 4.69) is 95.5 Å². The van der Waals surface area contributed by atoms with Gasteiger partial charge in [-0.3, -0.25) is 0 Å². The van der Waals surface area contributed by atoms with Crippen molar-refractivity contribution < 1.29 is 4.79 Å². The van der Waals surface area contributed by atoms with Crippen molar-refractivity contribution in [3.05, 3.63) is 111 Å². The van der Waals surface area contributed by atoms with Crippen LogP contribution in [0.5, 0.6) is 0 Å². The van der Waals surface area contributed by atoms with E-state index >= 15 is 0 Å². The van der Waals surface area contributed by atoms with Crippen LogP contribution in [0.4, 0.5) is 4.79 Å². The lowest BCUT2D eigenvalue weighted by Crippen LogP contribution is -2.41. The molecule has 178 valence electrons. The van der Waals surface area contributed by atoms with Crippen molar-refractivity contribution in [2.75, 3.05) is 0 Å². The minimum absolute atomic E-state index is 0.0208. The van der Waals surface area contributed by atoms with Gasteiger partial charge in [0.25, 0.3) is 0 Å². The molecule has 2 amide bonds. The number of nitrogens with zero attached hydrogens (tertiary/aromatic N) is 2. The molecule has 3 heterocycles. The number of aromatic nitrogens is 1. The maximum Gasteiger partial charge on any atom is 0.318 e. The largest absolute Gasteiger partial charge is 0.334 e. The van der Waals surface area contributed by atoms with Gasteiger partial charge in [0, 0.05) is 23.2 Å². The van der Waals surface area contributed by atoms with Crippen molar-refractivity contribution in [2.24, 2.45) is 0 Å². The third kappa shape index (κ3) is 4.08. The Hall–Kier alpha value is -3.31. The fourth-order valence-corrected chi connectivity index (χ4v) is 6.88. The Labute approximate surface area is 211 Å². The number of urea groups is 1. The zero-order chi connectivity index (χ0) is 23.9. The standard InChI is InChI=1S/C30H31N3OS/c1-20-9-13-22(14-10-20)18-31-30(34)33-19-25-24-6-3-4-8-27(24)35-29(25)32-17-5-7-26(32)28(33)23-15-11-21(2)12-16-23/h5,7,9-17,28H,3-4,6,8,18-19H2,1-2H3,(H,31,34)/t28-/m0/s1. The van der Waals surface area contributed by atoms with Crippen molar-refractivity contribution in [1.29, 1.82) is 0 Å². The zero-order valence-electron chi connectivity index (χ0n) is 20.4. The van der Waals surface area contributed by atoms with Crippen LogP contribution in [0.25, 0.3) is 5.00 Å². The molecule has 1 aliphatic heterocycles. The van der Waals surface area contributed by atoms with Crippen LogP contribution in [0.2, 0.25) is 0 Å². The molecule has 6 rings (SSSR count). The lowest BCUT2D eigenvalue weighted by molar-refractivity contribution is 0.180. The summed E-state index contributed by atoms with van der Waals surface area (Å²) in [6.07, 6.45) is 6.94. The summed E-state index contributed by atoms with van der Waals surface area (Å²) >= 11 is 1.93. The van der Waals surface area contributed by atoms with E-state index in [4.69, 9.17) is 0 Å². The third-order valence-corrected chi connectivity index (χ3v) is 8.73. The van der Waals surface area contributed by atoms with Gasteiger partial charge < -0.3 is 14.8 Å². The van der Waals surface area contributed by atoms with Gasteiger partial charge >= 0.3 is 6.03 Å². The molecule has 35 heavy (non-hydrogen) atoms. The monoisotopic (exact) mass is 481 g/mol. The van der Waals surface area contributed by atoms with E-state index in [0.29, 0.717) is 13.1 Å². The molecule has 4 nitrogen and oxygen atoms in total. The molecule has 0 unspecified atom stereocenters. The van der Waals surface area contributed by atoms with Gasteiger partial charge in [-0.2, -0.15) is 0 Å². The highest BCUT2D eigenvalue weighted by atomic mass is 32.1. The number of hydrogen-bond donors (Lipinski definition) is 1. The van der Waals surface area contributed by atoms with Crippen LogP contribution in [-0.2, 0) is 25.9 Å². The predicted octanol–water partition coefficient (Wildman–Crippen LogP) is 6.85. The number of amides is 2. The highest BCUT2D eigenvalue weighted by Crippen LogP contribution is 2.44. The van der Waals surface area contributed by atoms with E-state index < -0.39 is 0 Å². The van der Waals surface area contributed by atoms with Gasteiger partial charge in [0.05, 0.1) is 18.3 Å². The fraction of sp³-hybridized carbons (Fsp3) is 0.300. The summed E-state index contributed by atoms with van der Waals surface area (Å²) in [4.78, 5) is 17.4. The quantitative estimate of drug-likeness (QED) is 0.341. The van der Waals surface area contributed by atoms with E-state index in [-0.39, 0.29) is 12.1 Å². The minimum atomic E-state index is -0.151. The number of carbonyl (C=O) groups excluding carboxylic acids is 1. The van der Waals surface area contributed by atoms with Crippen molar-refractivity contribution in [3.63, 3.8) is 0 Å². The Morgan fingerprint density at radius 2 is 1.66 bits per heavy atom. The summed E-state index contributed by atoms with van der Waals surface area (Å²) in [6.45, 7) is 5.34. The molecule has 0 radical (unpaired) electrons. The Bertz CT molecular complexity index is 1360. The molecule has 0 saturated carbocycles. The molecule has 5 heteroatoms. The summed E-state index contributed by atoms with van der Waals surface area (Å²) in [5.41, 5.74) is 8.67. The summed E-state index contributed by atoms with van der Waals surface area (Å²) in [7, 11) is 0. The van der Waals surface area contributed by atoms with Crippen LogP contribution < -0.4 is 5.32 Å². The summed E-state index contributed by atoms with van der Waals surface area (Å²) in [5, 5.41) is 4.53. The van der Waals surface area contributed by atoms with Gasteiger partial charge in [-0.1, -0.05) is 59.7 Å². The molecule has 1 N–H and O–H groups in total. The van der Waals surface area contributed by atoms with Crippen LogP contribution in [0.3, 0.4) is 0 Å². The number of hydrogen-bond acceptors (Lipinski definition) is 2. The second-order valence-corrected chi connectivity index (χ2v) is 11.0. The lowest BCUT2D eigenvalue weighted by atomic mass is 9.95. The smallest absolute Gasteiger partial charge is 0.318 e. The van der Waals surface area contributed by atoms with Crippen molar-refractivity contribution in [1.82, 2.24) is 14.8 Å². The molecule has 0 spiro atoms. The van der Waals surface area contributed by atoms with E-state index in [0.717, 1.165) is 29.7 Å². The van der Waals surface area contributed by atoms with E-state index in [1.54, 1.807) is 0 Å². The summed E-state index contributed by atoms with van der Waals surface area (Å²) in [6, 6.07) is 21.1. The molecule has 0 bridgehead atoms. The second-order valence-electron chi connectivity index (χ2n) is 9.88. The predicted molar refractivity (Wildman–Crippen MR) is 142 cm³/mol. The lowest BCUT2D eigenvalue weighted by Gasteiger charge is -2.31. The molecule has 2 aliphatic rings. The average molecular weight is 482 g/mol. The first kappa shape index (κ1) is 22.2. The summed E-state index contributed by atoms with van der Waals surface area (Å²) < 4.78 is 2.34. The molecule has 2 aromatic carbocycles. The number of carbonyl (C=O) groups is 1. The molecular weight excluding hydrogens is 450 g/mol. The summed E-state index contributed by atoms with van der Waals surface area (Å²) in [5.74, 6) is 0. The normalized spacial score (nSPS) is 16.7. The van der Waals surface area contributed by atoms with E-state index in [9.17, 15) is 4.79 Å². The van der Waals surface area contributed by atoms with E-state index in [1.165, 1.54) is 45.0 Å². The topological polar surface area (TPSA) is 37.3 Å². The highest BCUT2D eigenvalue weighted by Gasteiger charge is 2.35. The second kappa shape index (κ2) is 9.04. The van der Waals surface area contributed by atoms with Crippen LogP contribution in [0.15, 0.2) is 66.9 Å². The number of thiophene rings is 1. The van der Waals surface area contributed by atoms with Gasteiger partial charge in [-0.25, -0.2) is 4.79 Å². The Morgan fingerprint density at radius 3 is 2.43 bits per heavy atom. The molecule has 1 atom stereocenters. The molecule has 4 aromatic rings. The zero-order valence-corrected chi connectivity index (χ0v) is 21.2. The number of rotatable bonds is 3. The fourth-order valence-electron chi connectivity index (χ4n) is 5.47. The number of aryl methyl sites for hydroxylation is 3. The third-order valence-electron chi connectivity index (χ3n) is 7.40. The highest BCUT2D eigenvalue weighted by molar-refractivity contribution is 7.15. The van der Waals surface area contributed by atoms with Gasteiger partial charge in [-0.15, -0.1) is 11.3 Å². The van der Waals surface area contributed by atoms with Gasteiger partial charge in [0.1, 0.15) is 5.00 Å². The number of fused-ring (bicyclic) bond motifs is 5. The number of nitrogens with one attached hydrogen (secondary N) is 1. The molecule has 0 fully saturated rings. The van der Waals surface area contributed by atoms with Crippen molar-refractivity contribution in [3.8, 4) is 5.00 Å².